The van der Waals surface area contributed by atoms with Crippen molar-refractivity contribution < 1.29 is 4.74 Å². The van der Waals surface area contributed by atoms with Crippen LogP contribution in [0.5, 0.6) is 11.5 Å². The minimum absolute atomic E-state index is 0.213. The molecule has 0 fully saturated rings. The van der Waals surface area contributed by atoms with E-state index < -0.39 is 0 Å². The molecule has 0 spiro atoms. The summed E-state index contributed by atoms with van der Waals surface area (Å²) in [5.41, 5.74) is 6.18. The number of hydrogen-bond acceptors (Lipinski definition) is 5. The van der Waals surface area contributed by atoms with Crippen LogP contribution in [-0.4, -0.2) is 32.5 Å². The van der Waals surface area contributed by atoms with E-state index in [-0.39, 0.29) is 5.92 Å². The molecule has 0 radical (unpaired) electrons. The Morgan fingerprint density at radius 3 is 2.76 bits per heavy atom. The molecule has 0 saturated heterocycles. The molecular weight excluding hydrogens is 422 g/mol. The van der Waals surface area contributed by atoms with Crippen molar-refractivity contribution in [3.8, 4) is 11.5 Å². The maximum absolute atomic E-state index is 6.53. The molecule has 0 N–H and O–H groups in total. The Bertz CT molecular complexity index is 1620. The first-order chi connectivity index (χ1) is 16.6. The molecule has 0 aliphatic carbocycles. The van der Waals surface area contributed by atoms with Crippen LogP contribution in [-0.2, 0) is 6.42 Å². The van der Waals surface area contributed by atoms with Gasteiger partial charge in [0, 0.05) is 54.1 Å². The molecule has 6 heteroatoms. The van der Waals surface area contributed by atoms with Crippen LogP contribution in [0, 0.1) is 0 Å². The molecule has 2 aliphatic rings. The van der Waals surface area contributed by atoms with Crippen LogP contribution in [0.25, 0.3) is 27.5 Å². The van der Waals surface area contributed by atoms with Crippen molar-refractivity contribution in [2.45, 2.75) is 26.2 Å². The largest absolute Gasteiger partial charge is 0.455 e. The number of anilines is 1. The van der Waals surface area contributed by atoms with Crippen LogP contribution in [0.2, 0.25) is 0 Å². The summed E-state index contributed by atoms with van der Waals surface area (Å²) in [5.74, 6) is 1.81. The quantitative estimate of drug-likeness (QED) is 0.292. The second-order valence-corrected chi connectivity index (χ2v) is 9.44. The van der Waals surface area contributed by atoms with Gasteiger partial charge in [0.15, 0.2) is 0 Å². The Morgan fingerprint density at radius 1 is 0.941 bits per heavy atom. The van der Waals surface area contributed by atoms with Crippen molar-refractivity contribution in [3.05, 3.63) is 84.6 Å². The number of imidazole rings is 1. The summed E-state index contributed by atoms with van der Waals surface area (Å²) >= 11 is 0. The highest BCUT2D eigenvalue weighted by Crippen LogP contribution is 2.37. The number of fused-ring (bicyclic) bond motifs is 10. The second kappa shape index (κ2) is 7.22. The minimum Gasteiger partial charge on any atom is -0.455 e. The van der Waals surface area contributed by atoms with Gasteiger partial charge in [-0.15, -0.1) is 0 Å². The van der Waals surface area contributed by atoms with Gasteiger partial charge in [-0.2, -0.15) is 0 Å². The highest BCUT2D eigenvalue weighted by atomic mass is 16.5. The molecule has 2 aliphatic heterocycles. The molecule has 2 aromatic carbocycles. The maximum atomic E-state index is 6.53. The fourth-order valence-electron chi connectivity index (χ4n) is 5.08. The van der Waals surface area contributed by atoms with Gasteiger partial charge in [-0.05, 0) is 30.2 Å². The normalized spacial score (nSPS) is 15.3. The molecule has 0 amide bonds. The summed E-state index contributed by atoms with van der Waals surface area (Å²) < 4.78 is 8.74. The average molecular weight is 448 g/mol. The smallest absolute Gasteiger partial charge is 0.149 e. The fraction of sp³-hybridized carbons (Fsp3) is 0.214. The number of rotatable bonds is 1. The van der Waals surface area contributed by atoms with Crippen LogP contribution in [0.15, 0.2) is 73.2 Å². The van der Waals surface area contributed by atoms with Crippen LogP contribution in [0.4, 0.5) is 5.69 Å². The summed E-state index contributed by atoms with van der Waals surface area (Å²) in [6.45, 7) is 6.05. The number of hydrogen-bond donors (Lipinski definition) is 0. The Hall–Kier alpha value is -4.06. The maximum Gasteiger partial charge on any atom is 0.149 e. The van der Waals surface area contributed by atoms with Crippen molar-refractivity contribution in [2.24, 2.45) is 0 Å². The Kier molecular flexibility index (Phi) is 4.12. The SMILES string of the molecule is CC(C)c1nc2c3ccccc3n3cc4nc3c2cc1Oc1cccc(c1)N1C=CN(CC4)C1. The summed E-state index contributed by atoms with van der Waals surface area (Å²) in [7, 11) is 0. The molecule has 0 unspecified atom stereocenters. The number of aromatic nitrogens is 3. The van der Waals surface area contributed by atoms with Gasteiger partial charge in [0.05, 0.1) is 29.1 Å². The highest BCUT2D eigenvalue weighted by molar-refractivity contribution is 6.10. The van der Waals surface area contributed by atoms with E-state index in [1.54, 1.807) is 0 Å². The van der Waals surface area contributed by atoms with E-state index in [0.717, 1.165) is 75.7 Å². The average Bonchev–Trinajstić information content (AvgIpc) is 3.50. The number of ether oxygens (including phenoxy) is 1. The summed E-state index contributed by atoms with van der Waals surface area (Å²) in [5, 5.41) is 2.14. The predicted molar refractivity (Wildman–Crippen MR) is 135 cm³/mol. The van der Waals surface area contributed by atoms with E-state index in [4.69, 9.17) is 14.7 Å². The molecule has 0 atom stereocenters. The monoisotopic (exact) mass is 447 g/mol. The lowest BCUT2D eigenvalue weighted by atomic mass is 10.0. The summed E-state index contributed by atoms with van der Waals surface area (Å²) in [4.78, 5) is 14.8. The number of pyridine rings is 2. The third kappa shape index (κ3) is 2.95. The zero-order valence-electron chi connectivity index (χ0n) is 19.3. The Morgan fingerprint density at radius 2 is 1.85 bits per heavy atom. The summed E-state index contributed by atoms with van der Waals surface area (Å²) in [6.07, 6.45) is 7.34. The summed E-state index contributed by atoms with van der Waals surface area (Å²) in [6, 6.07) is 18.9. The van der Waals surface area contributed by atoms with Gasteiger partial charge in [0.2, 0.25) is 0 Å². The van der Waals surface area contributed by atoms with Gasteiger partial charge in [-0.1, -0.05) is 38.1 Å². The van der Waals surface area contributed by atoms with Crippen molar-refractivity contribution in [1.29, 1.82) is 0 Å². The zero-order chi connectivity index (χ0) is 22.8. The lowest BCUT2D eigenvalue weighted by Crippen LogP contribution is -2.26. The lowest BCUT2D eigenvalue weighted by Gasteiger charge is -2.22. The molecule has 6 nitrogen and oxygen atoms in total. The van der Waals surface area contributed by atoms with Crippen LogP contribution in [0.1, 0.15) is 31.2 Å². The molecular formula is C28H25N5O. The number of para-hydroxylation sites is 1. The fourth-order valence-corrected chi connectivity index (χ4v) is 5.08. The first-order valence-corrected chi connectivity index (χ1v) is 11.8. The van der Waals surface area contributed by atoms with Gasteiger partial charge < -0.3 is 14.5 Å². The van der Waals surface area contributed by atoms with Crippen LogP contribution < -0.4 is 9.64 Å². The topological polar surface area (TPSA) is 45.9 Å². The van der Waals surface area contributed by atoms with E-state index in [9.17, 15) is 0 Å². The van der Waals surface area contributed by atoms with Crippen LogP contribution >= 0.6 is 0 Å². The van der Waals surface area contributed by atoms with Crippen LogP contribution in [0.3, 0.4) is 0 Å². The van der Waals surface area contributed by atoms with Crippen molar-refractivity contribution in [1.82, 2.24) is 19.3 Å². The standard InChI is InChI=1S/C28H25N5O/c1-18(2)26-25-15-23-27(30-26)22-8-3-4-9-24(22)33-16-19(29-28(23)33)10-11-31-12-13-32(17-31)20-6-5-7-21(14-20)34-25/h3-9,12-16,18H,10-11,17H2,1-2H3. The second-order valence-electron chi connectivity index (χ2n) is 9.44. The van der Waals surface area contributed by atoms with E-state index in [1.807, 2.05) is 6.07 Å². The predicted octanol–water partition coefficient (Wildman–Crippen LogP) is 6.06. The van der Waals surface area contributed by atoms with Crippen molar-refractivity contribution >= 4 is 33.1 Å². The molecule has 7 rings (SSSR count). The van der Waals surface area contributed by atoms with E-state index in [2.05, 4.69) is 95.2 Å². The van der Waals surface area contributed by atoms with Gasteiger partial charge in [0.1, 0.15) is 17.1 Å². The van der Waals surface area contributed by atoms with Crippen molar-refractivity contribution in [3.63, 3.8) is 0 Å². The Balaban J connectivity index is 1.55. The van der Waals surface area contributed by atoms with Crippen molar-refractivity contribution in [2.75, 3.05) is 18.1 Å². The zero-order valence-corrected chi connectivity index (χ0v) is 19.3. The third-order valence-corrected chi connectivity index (χ3v) is 6.80. The first-order valence-electron chi connectivity index (χ1n) is 11.8. The first kappa shape index (κ1) is 19.4. The van der Waals surface area contributed by atoms with E-state index >= 15 is 0 Å². The number of benzene rings is 2. The molecule has 168 valence electrons. The Labute approximate surface area is 197 Å². The molecule has 5 aromatic rings. The molecule has 3 aromatic heterocycles. The molecule has 34 heavy (non-hydrogen) atoms. The molecule has 5 heterocycles. The minimum atomic E-state index is 0.213. The van der Waals surface area contributed by atoms with E-state index in [0.29, 0.717) is 0 Å². The molecule has 8 bridgehead atoms. The highest BCUT2D eigenvalue weighted by Gasteiger charge is 2.21. The van der Waals surface area contributed by atoms with E-state index in [1.165, 1.54) is 0 Å². The molecule has 0 saturated carbocycles. The van der Waals surface area contributed by atoms with Gasteiger partial charge in [-0.3, -0.25) is 4.40 Å². The third-order valence-electron chi connectivity index (χ3n) is 6.80. The van der Waals surface area contributed by atoms with Gasteiger partial charge in [-0.25, -0.2) is 9.97 Å². The van der Waals surface area contributed by atoms with Gasteiger partial charge >= 0.3 is 0 Å². The van der Waals surface area contributed by atoms with Gasteiger partial charge in [0.25, 0.3) is 0 Å². The lowest BCUT2D eigenvalue weighted by molar-refractivity contribution is 0.409. The number of nitrogens with zero attached hydrogens (tertiary/aromatic N) is 5.